The third kappa shape index (κ3) is 1.49. The molecule has 2 aromatic rings. The molecule has 0 bridgehead atoms. The van der Waals surface area contributed by atoms with Gasteiger partial charge in [-0.3, -0.25) is 0 Å². The van der Waals surface area contributed by atoms with Crippen molar-refractivity contribution in [3.63, 3.8) is 0 Å². The van der Waals surface area contributed by atoms with Crippen LogP contribution in [-0.4, -0.2) is 9.55 Å². The van der Waals surface area contributed by atoms with Gasteiger partial charge in [0, 0.05) is 6.54 Å². The summed E-state index contributed by atoms with van der Waals surface area (Å²) in [6.45, 7) is 2.91. The first-order chi connectivity index (χ1) is 6.33. The summed E-state index contributed by atoms with van der Waals surface area (Å²) in [5.74, 6) is 0.961. The van der Waals surface area contributed by atoms with E-state index in [1.54, 1.807) is 17.5 Å². The molecule has 0 radical (unpaired) electrons. The number of hydrogen-bond donors (Lipinski definition) is 0. The lowest BCUT2D eigenvalue weighted by Crippen LogP contribution is -1.95. The van der Waals surface area contributed by atoms with Crippen LogP contribution >= 0.6 is 22.9 Å². The summed E-state index contributed by atoms with van der Waals surface area (Å²) < 4.78 is 1.99. The van der Waals surface area contributed by atoms with Gasteiger partial charge >= 0.3 is 0 Å². The fourth-order valence-electron chi connectivity index (χ4n) is 1.26. The topological polar surface area (TPSA) is 17.8 Å². The molecule has 0 saturated carbocycles. The SMILES string of the molecule is CCn1c(Cl)cnc1-c1cccs1. The maximum Gasteiger partial charge on any atom is 0.151 e. The lowest BCUT2D eigenvalue weighted by molar-refractivity contribution is 0.773. The first-order valence-electron chi connectivity index (χ1n) is 4.08. The molecule has 0 aromatic carbocycles. The molecule has 0 aliphatic heterocycles. The Morgan fingerprint density at radius 3 is 3.08 bits per heavy atom. The number of aromatic nitrogens is 2. The predicted octanol–water partition coefficient (Wildman–Crippen LogP) is 3.28. The van der Waals surface area contributed by atoms with Gasteiger partial charge in [-0.1, -0.05) is 17.7 Å². The normalized spacial score (nSPS) is 10.6. The van der Waals surface area contributed by atoms with Gasteiger partial charge in [0.05, 0.1) is 11.1 Å². The fraction of sp³-hybridized carbons (Fsp3) is 0.222. The van der Waals surface area contributed by atoms with Crippen LogP contribution in [0.5, 0.6) is 0 Å². The summed E-state index contributed by atoms with van der Waals surface area (Å²) >= 11 is 7.64. The van der Waals surface area contributed by atoms with Crippen molar-refractivity contribution in [2.75, 3.05) is 0 Å². The van der Waals surface area contributed by atoms with Crippen LogP contribution in [0.15, 0.2) is 23.7 Å². The van der Waals surface area contributed by atoms with E-state index in [9.17, 15) is 0 Å². The van der Waals surface area contributed by atoms with Gasteiger partial charge in [0.25, 0.3) is 0 Å². The number of thiophene rings is 1. The Morgan fingerprint density at radius 1 is 1.62 bits per heavy atom. The van der Waals surface area contributed by atoms with E-state index < -0.39 is 0 Å². The predicted molar refractivity (Wildman–Crippen MR) is 56.2 cm³/mol. The molecule has 68 valence electrons. The average molecular weight is 213 g/mol. The lowest BCUT2D eigenvalue weighted by Gasteiger charge is -2.02. The van der Waals surface area contributed by atoms with Gasteiger partial charge in [0.2, 0.25) is 0 Å². The molecule has 0 aliphatic carbocycles. The second kappa shape index (κ2) is 3.52. The summed E-state index contributed by atoms with van der Waals surface area (Å²) in [7, 11) is 0. The molecule has 0 aliphatic rings. The second-order valence-electron chi connectivity index (χ2n) is 2.63. The van der Waals surface area contributed by atoms with Crippen molar-refractivity contribution in [3.05, 3.63) is 28.9 Å². The molecular weight excluding hydrogens is 204 g/mol. The average Bonchev–Trinajstić information content (AvgIpc) is 2.71. The van der Waals surface area contributed by atoms with Gasteiger partial charge in [-0.15, -0.1) is 11.3 Å². The van der Waals surface area contributed by atoms with Crippen molar-refractivity contribution < 1.29 is 0 Å². The Balaban J connectivity index is 2.52. The molecule has 2 rings (SSSR count). The van der Waals surface area contributed by atoms with E-state index in [4.69, 9.17) is 11.6 Å². The quantitative estimate of drug-likeness (QED) is 0.747. The monoisotopic (exact) mass is 212 g/mol. The zero-order valence-corrected chi connectivity index (χ0v) is 8.77. The van der Waals surface area contributed by atoms with E-state index in [2.05, 4.69) is 18.0 Å². The molecular formula is C9H9ClN2S. The van der Waals surface area contributed by atoms with Gasteiger partial charge in [0.15, 0.2) is 5.82 Å². The number of halogens is 1. The van der Waals surface area contributed by atoms with Gasteiger partial charge in [-0.2, -0.15) is 0 Å². The Bertz CT molecular complexity index is 392. The highest BCUT2D eigenvalue weighted by Gasteiger charge is 2.08. The van der Waals surface area contributed by atoms with E-state index in [1.807, 2.05) is 16.0 Å². The van der Waals surface area contributed by atoms with Crippen molar-refractivity contribution in [3.8, 4) is 10.7 Å². The number of imidazole rings is 1. The van der Waals surface area contributed by atoms with E-state index >= 15 is 0 Å². The van der Waals surface area contributed by atoms with Gasteiger partial charge in [0.1, 0.15) is 5.15 Å². The zero-order chi connectivity index (χ0) is 9.26. The van der Waals surface area contributed by atoms with Gasteiger partial charge in [-0.25, -0.2) is 4.98 Å². The standard InChI is InChI=1S/C9H9ClN2S/c1-2-12-8(10)6-11-9(12)7-4-3-5-13-7/h3-6H,2H2,1H3. The minimum absolute atomic E-state index is 0.700. The third-order valence-electron chi connectivity index (χ3n) is 1.86. The molecule has 0 fully saturated rings. The van der Waals surface area contributed by atoms with Crippen LogP contribution in [0.3, 0.4) is 0 Å². The van der Waals surface area contributed by atoms with Crippen molar-refractivity contribution in [1.29, 1.82) is 0 Å². The molecule has 2 nitrogen and oxygen atoms in total. The highest BCUT2D eigenvalue weighted by molar-refractivity contribution is 7.13. The van der Waals surface area contributed by atoms with Crippen molar-refractivity contribution in [2.24, 2.45) is 0 Å². The summed E-state index contributed by atoms with van der Waals surface area (Å²) in [5, 5.41) is 2.74. The molecule has 4 heteroatoms. The highest BCUT2D eigenvalue weighted by Crippen LogP contribution is 2.25. The van der Waals surface area contributed by atoms with Crippen molar-refractivity contribution >= 4 is 22.9 Å². The molecule has 2 aromatic heterocycles. The van der Waals surface area contributed by atoms with Crippen molar-refractivity contribution in [2.45, 2.75) is 13.5 Å². The smallest absolute Gasteiger partial charge is 0.151 e. The van der Waals surface area contributed by atoms with Crippen LogP contribution < -0.4 is 0 Å². The fourth-order valence-corrected chi connectivity index (χ4v) is 2.24. The Hall–Kier alpha value is -0.800. The zero-order valence-electron chi connectivity index (χ0n) is 7.20. The molecule has 0 unspecified atom stereocenters. The molecule has 0 amide bonds. The van der Waals surface area contributed by atoms with Crippen LogP contribution in [0, 0.1) is 0 Å². The van der Waals surface area contributed by atoms with Crippen molar-refractivity contribution in [1.82, 2.24) is 9.55 Å². The second-order valence-corrected chi connectivity index (χ2v) is 3.96. The maximum absolute atomic E-state index is 5.97. The molecule has 0 atom stereocenters. The first kappa shape index (κ1) is 8.78. The minimum atomic E-state index is 0.700. The van der Waals surface area contributed by atoms with Crippen LogP contribution in [0.25, 0.3) is 10.7 Å². The molecule has 13 heavy (non-hydrogen) atoms. The van der Waals surface area contributed by atoms with Crippen LogP contribution in [0.2, 0.25) is 5.15 Å². The third-order valence-corrected chi connectivity index (χ3v) is 3.03. The molecule has 0 N–H and O–H groups in total. The first-order valence-corrected chi connectivity index (χ1v) is 5.33. The molecule has 2 heterocycles. The Labute approximate surface area is 85.8 Å². The largest absolute Gasteiger partial charge is 0.315 e. The van der Waals surface area contributed by atoms with E-state index in [1.165, 1.54) is 0 Å². The summed E-state index contributed by atoms with van der Waals surface area (Å²) in [6.07, 6.45) is 1.69. The van der Waals surface area contributed by atoms with E-state index in [0.29, 0.717) is 5.15 Å². The van der Waals surface area contributed by atoms with Crippen LogP contribution in [0.1, 0.15) is 6.92 Å². The number of rotatable bonds is 2. The maximum atomic E-state index is 5.97. The number of hydrogen-bond acceptors (Lipinski definition) is 2. The van der Waals surface area contributed by atoms with Crippen LogP contribution in [0.4, 0.5) is 0 Å². The highest BCUT2D eigenvalue weighted by atomic mass is 35.5. The van der Waals surface area contributed by atoms with Crippen LogP contribution in [-0.2, 0) is 6.54 Å². The molecule has 0 saturated heterocycles. The Morgan fingerprint density at radius 2 is 2.46 bits per heavy atom. The minimum Gasteiger partial charge on any atom is -0.315 e. The summed E-state index contributed by atoms with van der Waals surface area (Å²) in [4.78, 5) is 5.43. The van der Waals surface area contributed by atoms with Gasteiger partial charge in [-0.05, 0) is 18.4 Å². The summed E-state index contributed by atoms with van der Waals surface area (Å²) in [6, 6.07) is 4.07. The number of nitrogens with zero attached hydrogens (tertiary/aromatic N) is 2. The Kier molecular flexibility index (Phi) is 2.38. The van der Waals surface area contributed by atoms with Gasteiger partial charge < -0.3 is 4.57 Å². The van der Waals surface area contributed by atoms with E-state index in [-0.39, 0.29) is 0 Å². The summed E-state index contributed by atoms with van der Waals surface area (Å²) in [5.41, 5.74) is 0. The lowest BCUT2D eigenvalue weighted by atomic mass is 10.4. The molecule has 0 spiro atoms. The van der Waals surface area contributed by atoms with E-state index in [0.717, 1.165) is 17.2 Å².